The van der Waals surface area contributed by atoms with Gasteiger partial charge in [0, 0.05) is 26.2 Å². The molecule has 24 heavy (non-hydrogen) atoms. The van der Waals surface area contributed by atoms with E-state index in [2.05, 4.69) is 26.1 Å². The number of carbonyl (C=O) groups is 1. The minimum Gasteiger partial charge on any atom is -0.386 e. The molecule has 3 heterocycles. The standard InChI is InChI=1S/C18H23N3O2S/c1-12(22)17-7-13(11-24-17)9-20-5-2-6-21-15(10-20)8-16(19-21)18(23)14-3-4-14/h7-8,11,14,18,23H,2-6,9-10H2,1H3. The molecule has 0 bridgehead atoms. The van der Waals surface area contributed by atoms with Gasteiger partial charge in [0.15, 0.2) is 5.78 Å². The lowest BCUT2D eigenvalue weighted by Crippen LogP contribution is -2.22. The van der Waals surface area contributed by atoms with Gasteiger partial charge in [-0.25, -0.2) is 0 Å². The minimum atomic E-state index is -0.395. The third-order valence-corrected chi connectivity index (χ3v) is 5.97. The number of aryl methyl sites for hydroxylation is 1. The van der Waals surface area contributed by atoms with Crippen molar-refractivity contribution in [1.29, 1.82) is 0 Å². The number of ketones is 1. The molecule has 0 radical (unpaired) electrons. The van der Waals surface area contributed by atoms with Crippen LogP contribution in [0.25, 0.3) is 0 Å². The highest BCUT2D eigenvalue weighted by atomic mass is 32.1. The summed E-state index contributed by atoms with van der Waals surface area (Å²) < 4.78 is 2.07. The second kappa shape index (κ2) is 6.43. The molecule has 1 atom stereocenters. The van der Waals surface area contributed by atoms with Crippen molar-refractivity contribution < 1.29 is 9.90 Å². The van der Waals surface area contributed by atoms with Crippen LogP contribution < -0.4 is 0 Å². The monoisotopic (exact) mass is 345 g/mol. The highest BCUT2D eigenvalue weighted by Crippen LogP contribution is 2.40. The molecule has 1 fully saturated rings. The highest BCUT2D eigenvalue weighted by Gasteiger charge is 2.33. The van der Waals surface area contributed by atoms with E-state index in [1.54, 1.807) is 6.92 Å². The molecule has 1 aliphatic carbocycles. The van der Waals surface area contributed by atoms with Gasteiger partial charge in [0.05, 0.1) is 16.3 Å². The molecule has 2 aromatic heterocycles. The zero-order valence-electron chi connectivity index (χ0n) is 13.9. The van der Waals surface area contributed by atoms with Gasteiger partial charge in [-0.2, -0.15) is 5.10 Å². The Kier molecular flexibility index (Phi) is 4.28. The van der Waals surface area contributed by atoms with Gasteiger partial charge in [0.2, 0.25) is 0 Å². The Bertz CT molecular complexity index is 747. The first kappa shape index (κ1) is 16.0. The Morgan fingerprint density at radius 2 is 2.25 bits per heavy atom. The molecule has 1 N–H and O–H groups in total. The molecule has 128 valence electrons. The topological polar surface area (TPSA) is 58.4 Å². The predicted octanol–water partition coefficient (Wildman–Crippen LogP) is 3.00. The fourth-order valence-corrected chi connectivity index (χ4v) is 4.19. The molecule has 5 nitrogen and oxygen atoms in total. The molecule has 1 unspecified atom stereocenters. The van der Waals surface area contributed by atoms with E-state index >= 15 is 0 Å². The van der Waals surface area contributed by atoms with E-state index in [1.165, 1.54) is 22.6 Å². The van der Waals surface area contributed by atoms with Crippen LogP contribution in [0.15, 0.2) is 17.5 Å². The number of aliphatic hydroxyl groups is 1. The van der Waals surface area contributed by atoms with Crippen LogP contribution in [-0.4, -0.2) is 32.1 Å². The largest absolute Gasteiger partial charge is 0.386 e. The van der Waals surface area contributed by atoms with Gasteiger partial charge < -0.3 is 5.11 Å². The van der Waals surface area contributed by atoms with E-state index in [9.17, 15) is 9.90 Å². The molecule has 0 aromatic carbocycles. The van der Waals surface area contributed by atoms with Crippen molar-refractivity contribution in [1.82, 2.24) is 14.7 Å². The number of rotatable bonds is 5. The Morgan fingerprint density at radius 1 is 1.42 bits per heavy atom. The fraction of sp³-hybridized carbons (Fsp3) is 0.556. The number of Topliss-reactive ketones (excluding diaryl/α,β-unsaturated/α-hetero) is 1. The average Bonchev–Trinajstić information content (AvgIpc) is 3.22. The highest BCUT2D eigenvalue weighted by molar-refractivity contribution is 7.12. The average molecular weight is 345 g/mol. The molecular formula is C18H23N3O2S. The first-order chi connectivity index (χ1) is 11.6. The summed E-state index contributed by atoms with van der Waals surface area (Å²) in [6.07, 6.45) is 2.89. The number of carbonyl (C=O) groups excluding carboxylic acids is 1. The summed E-state index contributed by atoms with van der Waals surface area (Å²) in [5.74, 6) is 0.551. The quantitative estimate of drug-likeness (QED) is 0.847. The summed E-state index contributed by atoms with van der Waals surface area (Å²) in [6, 6.07) is 4.09. The zero-order chi connectivity index (χ0) is 16.7. The predicted molar refractivity (Wildman–Crippen MR) is 93.0 cm³/mol. The summed E-state index contributed by atoms with van der Waals surface area (Å²) in [5, 5.41) is 17.0. The number of hydrogen-bond donors (Lipinski definition) is 1. The molecule has 0 saturated heterocycles. The van der Waals surface area contributed by atoms with Crippen molar-refractivity contribution in [3.05, 3.63) is 39.3 Å². The van der Waals surface area contributed by atoms with Crippen molar-refractivity contribution in [3.63, 3.8) is 0 Å². The first-order valence-electron chi connectivity index (χ1n) is 8.65. The number of fused-ring (bicyclic) bond motifs is 1. The number of aromatic nitrogens is 2. The minimum absolute atomic E-state index is 0.138. The molecule has 1 saturated carbocycles. The van der Waals surface area contributed by atoms with E-state index in [-0.39, 0.29) is 5.78 Å². The van der Waals surface area contributed by atoms with Crippen LogP contribution in [0.4, 0.5) is 0 Å². The molecule has 0 spiro atoms. The normalized spacial score (nSPS) is 19.8. The van der Waals surface area contributed by atoms with Gasteiger partial charge >= 0.3 is 0 Å². The SMILES string of the molecule is CC(=O)c1cc(CN2CCCn3nc(C(O)C4CC4)cc3C2)cs1. The third-order valence-electron chi connectivity index (χ3n) is 4.89. The summed E-state index contributed by atoms with van der Waals surface area (Å²) in [4.78, 5) is 14.7. The van der Waals surface area contributed by atoms with Crippen molar-refractivity contribution in [2.75, 3.05) is 6.54 Å². The maximum atomic E-state index is 11.5. The van der Waals surface area contributed by atoms with E-state index in [1.807, 2.05) is 6.07 Å². The molecule has 2 aliphatic rings. The van der Waals surface area contributed by atoms with Crippen LogP contribution in [-0.2, 0) is 19.6 Å². The maximum Gasteiger partial charge on any atom is 0.169 e. The van der Waals surface area contributed by atoms with Crippen molar-refractivity contribution in [2.24, 2.45) is 5.92 Å². The molecule has 1 aliphatic heterocycles. The van der Waals surface area contributed by atoms with Crippen LogP contribution >= 0.6 is 11.3 Å². The lowest BCUT2D eigenvalue weighted by Gasteiger charge is -2.18. The summed E-state index contributed by atoms with van der Waals surface area (Å²) in [5.41, 5.74) is 3.23. The lowest BCUT2D eigenvalue weighted by molar-refractivity contribution is 0.102. The number of aliphatic hydroxyl groups excluding tert-OH is 1. The maximum absolute atomic E-state index is 11.5. The summed E-state index contributed by atoms with van der Waals surface area (Å²) >= 11 is 1.53. The molecule has 0 amide bonds. The fourth-order valence-electron chi connectivity index (χ4n) is 3.39. The van der Waals surface area contributed by atoms with Crippen LogP contribution in [0.1, 0.15) is 58.9 Å². The van der Waals surface area contributed by atoms with E-state index in [0.29, 0.717) is 5.92 Å². The van der Waals surface area contributed by atoms with Crippen LogP contribution in [0, 0.1) is 5.92 Å². The molecular weight excluding hydrogens is 322 g/mol. The van der Waals surface area contributed by atoms with E-state index in [4.69, 9.17) is 0 Å². The van der Waals surface area contributed by atoms with Gasteiger partial charge in [-0.05, 0) is 55.2 Å². The van der Waals surface area contributed by atoms with E-state index in [0.717, 1.165) is 56.0 Å². The van der Waals surface area contributed by atoms with Crippen molar-refractivity contribution in [2.45, 2.75) is 51.9 Å². The zero-order valence-corrected chi connectivity index (χ0v) is 14.8. The Morgan fingerprint density at radius 3 is 2.96 bits per heavy atom. The third kappa shape index (κ3) is 3.31. The van der Waals surface area contributed by atoms with E-state index < -0.39 is 6.10 Å². The van der Waals surface area contributed by atoms with Gasteiger partial charge in [-0.3, -0.25) is 14.4 Å². The number of hydrogen-bond acceptors (Lipinski definition) is 5. The van der Waals surface area contributed by atoms with Gasteiger partial charge in [-0.1, -0.05) is 0 Å². The smallest absolute Gasteiger partial charge is 0.169 e. The van der Waals surface area contributed by atoms with Crippen LogP contribution in [0.5, 0.6) is 0 Å². The Hall–Kier alpha value is -1.50. The molecule has 6 heteroatoms. The molecule has 4 rings (SSSR count). The van der Waals surface area contributed by atoms with Gasteiger partial charge in [-0.15, -0.1) is 11.3 Å². The Labute approximate surface area is 145 Å². The van der Waals surface area contributed by atoms with Gasteiger partial charge in [0.25, 0.3) is 0 Å². The lowest BCUT2D eigenvalue weighted by atomic mass is 10.1. The number of thiophene rings is 1. The second-order valence-electron chi connectivity index (χ2n) is 7.01. The van der Waals surface area contributed by atoms with Crippen LogP contribution in [0.2, 0.25) is 0 Å². The molecule has 2 aromatic rings. The Balaban J connectivity index is 1.47. The van der Waals surface area contributed by atoms with Gasteiger partial charge in [0.1, 0.15) is 6.10 Å². The van der Waals surface area contributed by atoms with Crippen molar-refractivity contribution >= 4 is 17.1 Å². The van der Waals surface area contributed by atoms with Crippen LogP contribution in [0.3, 0.4) is 0 Å². The number of nitrogens with zero attached hydrogens (tertiary/aromatic N) is 3. The second-order valence-corrected chi connectivity index (χ2v) is 7.92. The summed E-state index contributed by atoms with van der Waals surface area (Å²) in [6.45, 7) is 5.25. The van der Waals surface area contributed by atoms with Crippen molar-refractivity contribution in [3.8, 4) is 0 Å². The first-order valence-corrected chi connectivity index (χ1v) is 9.53. The summed E-state index contributed by atoms with van der Waals surface area (Å²) in [7, 11) is 0.